The van der Waals surface area contributed by atoms with E-state index in [1.807, 2.05) is 0 Å². The summed E-state index contributed by atoms with van der Waals surface area (Å²) in [4.78, 5) is 0. The molecule has 1 aromatic heterocycles. The number of hydrogen-bond donors (Lipinski definition) is 2. The summed E-state index contributed by atoms with van der Waals surface area (Å²) >= 11 is 0. The average Bonchev–Trinajstić information content (AvgIpc) is 2.55. The van der Waals surface area contributed by atoms with Gasteiger partial charge in [0.15, 0.2) is 0 Å². The maximum Gasteiger partial charge on any atom is 0.224 e. The van der Waals surface area contributed by atoms with E-state index >= 15 is 0 Å². The Labute approximate surface area is 90.3 Å². The molecule has 0 spiro atoms. The van der Waals surface area contributed by atoms with E-state index in [1.54, 1.807) is 0 Å². The summed E-state index contributed by atoms with van der Waals surface area (Å²) < 4.78 is 2.17. The second-order valence-electron chi connectivity index (χ2n) is 3.94. The molecule has 84 valence electrons. The van der Waals surface area contributed by atoms with Crippen LogP contribution < -0.4 is 10.6 Å². The maximum atomic E-state index is 4.25. The molecule has 2 N–H and O–H groups in total. The lowest BCUT2D eigenvalue weighted by Gasteiger charge is -2.26. The standard InChI is InChI=1S/C10H19N5/c1-3-12-10-14-13-9(15(10)4-2)5-8-6-11-7-8/h8,11H,3-7H2,1-2H3,(H,12,14). The topological polar surface area (TPSA) is 54.8 Å². The van der Waals surface area contributed by atoms with Gasteiger partial charge in [0.2, 0.25) is 5.95 Å². The fourth-order valence-electron chi connectivity index (χ4n) is 1.86. The van der Waals surface area contributed by atoms with Gasteiger partial charge in [0, 0.05) is 19.5 Å². The van der Waals surface area contributed by atoms with Crippen LogP contribution in [-0.2, 0) is 13.0 Å². The van der Waals surface area contributed by atoms with Crippen LogP contribution in [0.2, 0.25) is 0 Å². The third-order valence-electron chi connectivity index (χ3n) is 2.82. The monoisotopic (exact) mass is 209 g/mol. The van der Waals surface area contributed by atoms with Crippen LogP contribution in [0.4, 0.5) is 5.95 Å². The minimum atomic E-state index is 0.744. The summed E-state index contributed by atoms with van der Waals surface area (Å²) in [6, 6.07) is 0. The molecule has 5 heteroatoms. The average molecular weight is 209 g/mol. The smallest absolute Gasteiger partial charge is 0.224 e. The Morgan fingerprint density at radius 2 is 2.20 bits per heavy atom. The van der Waals surface area contributed by atoms with Crippen molar-refractivity contribution in [2.45, 2.75) is 26.8 Å². The van der Waals surface area contributed by atoms with Gasteiger partial charge >= 0.3 is 0 Å². The van der Waals surface area contributed by atoms with Crippen molar-refractivity contribution < 1.29 is 0 Å². The molecule has 15 heavy (non-hydrogen) atoms. The highest BCUT2D eigenvalue weighted by Crippen LogP contribution is 2.14. The third kappa shape index (κ3) is 2.12. The lowest BCUT2D eigenvalue weighted by Crippen LogP contribution is -2.43. The lowest BCUT2D eigenvalue weighted by molar-refractivity contribution is 0.337. The van der Waals surface area contributed by atoms with Gasteiger partial charge in [0.1, 0.15) is 5.82 Å². The lowest BCUT2D eigenvalue weighted by atomic mass is 9.99. The van der Waals surface area contributed by atoms with Crippen LogP contribution in [0.5, 0.6) is 0 Å². The molecule has 0 atom stereocenters. The van der Waals surface area contributed by atoms with E-state index in [0.717, 1.165) is 50.3 Å². The van der Waals surface area contributed by atoms with Crippen LogP contribution in [0.15, 0.2) is 0 Å². The number of hydrogen-bond acceptors (Lipinski definition) is 4. The summed E-state index contributed by atoms with van der Waals surface area (Å²) in [7, 11) is 0. The zero-order valence-electron chi connectivity index (χ0n) is 9.45. The molecular formula is C10H19N5. The highest BCUT2D eigenvalue weighted by atomic mass is 15.3. The van der Waals surface area contributed by atoms with Gasteiger partial charge in [-0.25, -0.2) is 0 Å². The zero-order chi connectivity index (χ0) is 10.7. The molecule has 0 aliphatic carbocycles. The minimum absolute atomic E-state index is 0.744. The number of rotatable bonds is 5. The highest BCUT2D eigenvalue weighted by molar-refractivity contribution is 5.25. The van der Waals surface area contributed by atoms with E-state index in [9.17, 15) is 0 Å². The maximum absolute atomic E-state index is 4.25. The van der Waals surface area contributed by atoms with Crippen molar-refractivity contribution >= 4 is 5.95 Å². The van der Waals surface area contributed by atoms with E-state index in [0.29, 0.717) is 0 Å². The first kappa shape index (κ1) is 10.4. The second kappa shape index (κ2) is 4.61. The van der Waals surface area contributed by atoms with Crippen molar-refractivity contribution in [3.63, 3.8) is 0 Å². The fraction of sp³-hybridized carbons (Fsp3) is 0.800. The van der Waals surface area contributed by atoms with Crippen molar-refractivity contribution in [2.24, 2.45) is 5.92 Å². The van der Waals surface area contributed by atoms with Crippen LogP contribution in [0.25, 0.3) is 0 Å². The predicted octanol–water partition coefficient (Wildman–Crippen LogP) is 0.492. The number of nitrogens with zero attached hydrogens (tertiary/aromatic N) is 3. The molecule has 0 radical (unpaired) electrons. The molecule has 2 heterocycles. The van der Waals surface area contributed by atoms with Gasteiger partial charge in [-0.2, -0.15) is 0 Å². The summed E-state index contributed by atoms with van der Waals surface area (Å²) in [6.07, 6.45) is 1.04. The molecule has 1 saturated heterocycles. The number of nitrogens with one attached hydrogen (secondary N) is 2. The Morgan fingerprint density at radius 1 is 1.40 bits per heavy atom. The SMILES string of the molecule is CCNc1nnc(CC2CNC2)n1CC. The molecule has 1 aliphatic rings. The van der Waals surface area contributed by atoms with E-state index in [1.165, 1.54) is 0 Å². The molecule has 1 aliphatic heterocycles. The number of anilines is 1. The van der Waals surface area contributed by atoms with Crippen LogP contribution in [0.1, 0.15) is 19.7 Å². The van der Waals surface area contributed by atoms with Gasteiger partial charge in [0.25, 0.3) is 0 Å². The second-order valence-corrected chi connectivity index (χ2v) is 3.94. The minimum Gasteiger partial charge on any atom is -0.355 e. The first-order chi connectivity index (χ1) is 7.35. The van der Waals surface area contributed by atoms with Crippen molar-refractivity contribution in [2.75, 3.05) is 25.0 Å². The third-order valence-corrected chi connectivity index (χ3v) is 2.82. The van der Waals surface area contributed by atoms with Crippen molar-refractivity contribution in [1.82, 2.24) is 20.1 Å². The van der Waals surface area contributed by atoms with Crippen molar-refractivity contribution in [3.05, 3.63) is 5.82 Å². The Kier molecular flexibility index (Phi) is 3.20. The van der Waals surface area contributed by atoms with Crippen molar-refractivity contribution in [1.29, 1.82) is 0 Å². The quantitative estimate of drug-likeness (QED) is 0.741. The first-order valence-electron chi connectivity index (χ1n) is 5.71. The molecule has 0 saturated carbocycles. The highest BCUT2D eigenvalue weighted by Gasteiger charge is 2.20. The molecule has 0 bridgehead atoms. The van der Waals surface area contributed by atoms with Crippen LogP contribution >= 0.6 is 0 Å². The zero-order valence-corrected chi connectivity index (χ0v) is 9.45. The van der Waals surface area contributed by atoms with Crippen LogP contribution in [0, 0.1) is 5.92 Å². The molecule has 5 nitrogen and oxygen atoms in total. The summed E-state index contributed by atoms with van der Waals surface area (Å²) in [5, 5.41) is 14.9. The van der Waals surface area contributed by atoms with Gasteiger partial charge in [-0.3, -0.25) is 4.57 Å². The predicted molar refractivity (Wildman–Crippen MR) is 59.9 cm³/mol. The molecule has 1 fully saturated rings. The Hall–Kier alpha value is -1.10. The van der Waals surface area contributed by atoms with Gasteiger partial charge < -0.3 is 10.6 Å². The Bertz CT molecular complexity index is 316. The van der Waals surface area contributed by atoms with E-state index in [-0.39, 0.29) is 0 Å². The van der Waals surface area contributed by atoms with Crippen molar-refractivity contribution in [3.8, 4) is 0 Å². The molecule has 0 aromatic carbocycles. The fourth-order valence-corrected chi connectivity index (χ4v) is 1.86. The van der Waals surface area contributed by atoms with Gasteiger partial charge in [-0.05, 0) is 32.9 Å². The van der Waals surface area contributed by atoms with Gasteiger partial charge in [-0.15, -0.1) is 10.2 Å². The van der Waals surface area contributed by atoms with Gasteiger partial charge in [0.05, 0.1) is 0 Å². The molecule has 1 aromatic rings. The summed E-state index contributed by atoms with van der Waals surface area (Å²) in [5.74, 6) is 2.76. The summed E-state index contributed by atoms with van der Waals surface area (Å²) in [6.45, 7) is 8.27. The molecule has 0 amide bonds. The van der Waals surface area contributed by atoms with E-state index in [2.05, 4.69) is 39.2 Å². The summed E-state index contributed by atoms with van der Waals surface area (Å²) in [5.41, 5.74) is 0. The van der Waals surface area contributed by atoms with E-state index < -0.39 is 0 Å². The number of aromatic nitrogens is 3. The molecular weight excluding hydrogens is 190 g/mol. The molecule has 0 unspecified atom stereocenters. The molecule has 2 rings (SSSR count). The van der Waals surface area contributed by atoms with Crippen LogP contribution in [-0.4, -0.2) is 34.4 Å². The van der Waals surface area contributed by atoms with Crippen LogP contribution in [0.3, 0.4) is 0 Å². The van der Waals surface area contributed by atoms with E-state index in [4.69, 9.17) is 0 Å². The Balaban J connectivity index is 2.07. The Morgan fingerprint density at radius 3 is 2.73 bits per heavy atom. The normalized spacial score (nSPS) is 16.4. The van der Waals surface area contributed by atoms with Gasteiger partial charge in [-0.1, -0.05) is 0 Å². The first-order valence-corrected chi connectivity index (χ1v) is 5.71. The largest absolute Gasteiger partial charge is 0.355 e.